The molecule has 0 aromatic carbocycles. The van der Waals surface area contributed by atoms with Crippen molar-refractivity contribution in [3.8, 4) is 0 Å². The van der Waals surface area contributed by atoms with Crippen LogP contribution in [0.25, 0.3) is 0 Å². The predicted octanol–water partition coefficient (Wildman–Crippen LogP) is 2.94. The Labute approximate surface area is 128 Å². The number of nitrogens with one attached hydrogen (secondary N) is 1. The summed E-state index contributed by atoms with van der Waals surface area (Å²) in [6.07, 6.45) is 5.34. The molecule has 0 atom stereocenters. The number of amides is 1. The summed E-state index contributed by atoms with van der Waals surface area (Å²) in [5, 5.41) is 13.1. The molecule has 1 aliphatic carbocycles. The summed E-state index contributed by atoms with van der Waals surface area (Å²) >= 11 is 5.78. The summed E-state index contributed by atoms with van der Waals surface area (Å²) in [4.78, 5) is 15.6. The number of hydrogen-bond donors (Lipinski definition) is 2. The van der Waals surface area contributed by atoms with Crippen LogP contribution in [0.15, 0.2) is 12.3 Å². The molecule has 1 aromatic rings. The minimum atomic E-state index is -0.880. The molecule has 0 spiro atoms. The van der Waals surface area contributed by atoms with Crippen molar-refractivity contribution in [2.24, 2.45) is 5.92 Å². The molecule has 4 nitrogen and oxygen atoms in total. The van der Waals surface area contributed by atoms with E-state index < -0.39 is 17.3 Å². The molecule has 2 rings (SSSR count). The van der Waals surface area contributed by atoms with Crippen LogP contribution < -0.4 is 5.32 Å². The highest BCUT2D eigenvalue weighted by molar-refractivity contribution is 6.32. The molecule has 6 heteroatoms. The summed E-state index contributed by atoms with van der Waals surface area (Å²) in [5.41, 5.74) is -0.892. The van der Waals surface area contributed by atoms with Crippen LogP contribution in [-0.2, 0) is 0 Å². The normalized spacial score (nSPS) is 25.6. The zero-order valence-electron chi connectivity index (χ0n) is 12.0. The van der Waals surface area contributed by atoms with Gasteiger partial charge in [-0.2, -0.15) is 0 Å². The SMILES string of the molecule is CCC1CCC(O)(CNC(=O)c2cc(F)cnc2Cl)CC1. The van der Waals surface area contributed by atoms with E-state index in [1.165, 1.54) is 0 Å². The summed E-state index contributed by atoms with van der Waals surface area (Å²) in [6.45, 7) is 2.30. The highest BCUT2D eigenvalue weighted by Crippen LogP contribution is 2.33. The summed E-state index contributed by atoms with van der Waals surface area (Å²) in [6, 6.07) is 1.04. The van der Waals surface area contributed by atoms with E-state index in [1.54, 1.807) is 0 Å². The van der Waals surface area contributed by atoms with E-state index in [9.17, 15) is 14.3 Å². The second kappa shape index (κ2) is 6.71. The molecule has 2 N–H and O–H groups in total. The third kappa shape index (κ3) is 4.14. The van der Waals surface area contributed by atoms with E-state index in [1.807, 2.05) is 0 Å². The van der Waals surface area contributed by atoms with Crippen LogP contribution in [0.4, 0.5) is 4.39 Å². The van der Waals surface area contributed by atoms with Crippen molar-refractivity contribution in [2.45, 2.75) is 44.6 Å². The van der Waals surface area contributed by atoms with E-state index in [2.05, 4.69) is 17.2 Å². The average Bonchev–Trinajstić information content (AvgIpc) is 2.48. The van der Waals surface area contributed by atoms with Gasteiger partial charge in [0.05, 0.1) is 17.4 Å². The standard InChI is InChI=1S/C15H20ClFN2O2/c1-2-10-3-5-15(21,6-4-10)9-19-14(20)12-7-11(17)8-18-13(12)16/h7-8,10,21H,2-6,9H2,1H3,(H,19,20). The van der Waals surface area contributed by atoms with Crippen LogP contribution in [0.1, 0.15) is 49.4 Å². The summed E-state index contributed by atoms with van der Waals surface area (Å²) in [7, 11) is 0. The third-order valence-electron chi connectivity index (χ3n) is 4.24. The first-order valence-corrected chi connectivity index (χ1v) is 7.63. The zero-order valence-corrected chi connectivity index (χ0v) is 12.8. The maximum absolute atomic E-state index is 13.1. The van der Waals surface area contributed by atoms with Gasteiger partial charge in [0, 0.05) is 6.54 Å². The Morgan fingerprint density at radius 2 is 2.24 bits per heavy atom. The molecule has 1 saturated carbocycles. The maximum atomic E-state index is 13.1. The van der Waals surface area contributed by atoms with Gasteiger partial charge in [0.1, 0.15) is 11.0 Å². The maximum Gasteiger partial charge on any atom is 0.254 e. The van der Waals surface area contributed by atoms with Crippen molar-refractivity contribution in [1.29, 1.82) is 0 Å². The lowest BCUT2D eigenvalue weighted by molar-refractivity contribution is -0.00787. The van der Waals surface area contributed by atoms with Crippen molar-refractivity contribution >= 4 is 17.5 Å². The smallest absolute Gasteiger partial charge is 0.254 e. The van der Waals surface area contributed by atoms with Crippen molar-refractivity contribution < 1.29 is 14.3 Å². The van der Waals surface area contributed by atoms with E-state index in [0.717, 1.165) is 31.5 Å². The molecule has 1 aliphatic rings. The van der Waals surface area contributed by atoms with Crippen LogP contribution in [0, 0.1) is 11.7 Å². The Morgan fingerprint density at radius 3 is 2.86 bits per heavy atom. The number of aromatic nitrogens is 1. The fraction of sp³-hybridized carbons (Fsp3) is 0.600. The van der Waals surface area contributed by atoms with E-state index >= 15 is 0 Å². The Bertz CT molecular complexity index is 516. The largest absolute Gasteiger partial charge is 0.388 e. The van der Waals surface area contributed by atoms with Gasteiger partial charge >= 0.3 is 0 Å². The molecule has 1 heterocycles. The second-order valence-corrected chi connectivity index (χ2v) is 6.11. The summed E-state index contributed by atoms with van der Waals surface area (Å²) < 4.78 is 13.1. The highest BCUT2D eigenvalue weighted by Gasteiger charge is 2.33. The van der Waals surface area contributed by atoms with Gasteiger partial charge in [-0.1, -0.05) is 24.9 Å². The number of aliphatic hydroxyl groups is 1. The Balaban J connectivity index is 1.93. The van der Waals surface area contributed by atoms with Crippen LogP contribution >= 0.6 is 11.6 Å². The average molecular weight is 315 g/mol. The number of hydrogen-bond acceptors (Lipinski definition) is 3. The topological polar surface area (TPSA) is 62.2 Å². The lowest BCUT2D eigenvalue weighted by Crippen LogP contribution is -2.45. The van der Waals surface area contributed by atoms with Gasteiger partial charge in [-0.15, -0.1) is 0 Å². The Hall–Kier alpha value is -1.20. The van der Waals surface area contributed by atoms with E-state index in [4.69, 9.17) is 11.6 Å². The predicted molar refractivity (Wildman–Crippen MR) is 78.7 cm³/mol. The van der Waals surface area contributed by atoms with Crippen molar-refractivity contribution in [1.82, 2.24) is 10.3 Å². The molecule has 0 radical (unpaired) electrons. The molecule has 0 bridgehead atoms. The number of pyridine rings is 1. The zero-order chi connectivity index (χ0) is 15.5. The molecule has 1 fully saturated rings. The number of carbonyl (C=O) groups is 1. The molecule has 21 heavy (non-hydrogen) atoms. The summed E-state index contributed by atoms with van der Waals surface area (Å²) in [5.74, 6) is -0.479. The lowest BCUT2D eigenvalue weighted by Gasteiger charge is -2.35. The van der Waals surface area contributed by atoms with E-state index in [-0.39, 0.29) is 17.3 Å². The lowest BCUT2D eigenvalue weighted by atomic mass is 9.78. The fourth-order valence-electron chi connectivity index (χ4n) is 2.72. The quantitative estimate of drug-likeness (QED) is 0.840. The highest BCUT2D eigenvalue weighted by atomic mass is 35.5. The number of rotatable bonds is 4. The minimum Gasteiger partial charge on any atom is -0.388 e. The monoisotopic (exact) mass is 314 g/mol. The van der Waals surface area contributed by atoms with Crippen LogP contribution in [-0.4, -0.2) is 28.1 Å². The third-order valence-corrected chi connectivity index (χ3v) is 4.54. The first-order valence-electron chi connectivity index (χ1n) is 7.25. The van der Waals surface area contributed by atoms with Crippen LogP contribution in [0.5, 0.6) is 0 Å². The first-order chi connectivity index (χ1) is 9.93. The van der Waals surface area contributed by atoms with Gasteiger partial charge in [0.2, 0.25) is 0 Å². The fourth-order valence-corrected chi connectivity index (χ4v) is 2.91. The van der Waals surface area contributed by atoms with Crippen molar-refractivity contribution in [2.75, 3.05) is 6.54 Å². The van der Waals surface area contributed by atoms with Crippen molar-refractivity contribution in [3.05, 3.63) is 28.8 Å². The van der Waals surface area contributed by atoms with Crippen LogP contribution in [0.2, 0.25) is 5.15 Å². The van der Waals surface area contributed by atoms with Gasteiger partial charge in [-0.25, -0.2) is 9.37 Å². The molecule has 0 aliphatic heterocycles. The molecule has 0 unspecified atom stereocenters. The van der Waals surface area contributed by atoms with E-state index in [0.29, 0.717) is 18.8 Å². The van der Waals surface area contributed by atoms with Crippen LogP contribution in [0.3, 0.4) is 0 Å². The molecule has 1 aromatic heterocycles. The Morgan fingerprint density at radius 1 is 1.57 bits per heavy atom. The van der Waals surface area contributed by atoms with Crippen molar-refractivity contribution in [3.63, 3.8) is 0 Å². The van der Waals surface area contributed by atoms with Gasteiger partial charge in [-0.3, -0.25) is 4.79 Å². The first kappa shape index (κ1) is 16.2. The number of halogens is 2. The Kier molecular flexibility index (Phi) is 5.17. The minimum absolute atomic E-state index is 0.0116. The van der Waals surface area contributed by atoms with Gasteiger partial charge < -0.3 is 10.4 Å². The van der Waals surface area contributed by atoms with Gasteiger partial charge in [0.15, 0.2) is 0 Å². The van der Waals surface area contributed by atoms with Gasteiger partial charge in [0.25, 0.3) is 5.91 Å². The number of nitrogens with zero attached hydrogens (tertiary/aromatic N) is 1. The molecule has 116 valence electrons. The van der Waals surface area contributed by atoms with Gasteiger partial charge in [-0.05, 0) is 37.7 Å². The molecular weight excluding hydrogens is 295 g/mol. The molecule has 1 amide bonds. The molecule has 0 saturated heterocycles. The molecular formula is C15H20ClFN2O2. The number of carbonyl (C=O) groups excluding carboxylic acids is 1. The second-order valence-electron chi connectivity index (χ2n) is 5.75.